The third-order valence-electron chi connectivity index (χ3n) is 5.26. The van der Waals surface area contributed by atoms with Crippen LogP contribution in [0, 0.1) is 25.2 Å². The normalized spacial score (nSPS) is 27.0. The number of carboxylic acid groups (broad SMARTS) is 1. The van der Waals surface area contributed by atoms with Crippen molar-refractivity contribution >= 4 is 11.9 Å². The fourth-order valence-corrected chi connectivity index (χ4v) is 3.74. The molecule has 2 aliphatic rings. The molecular weight excluding hydrogens is 300 g/mol. The van der Waals surface area contributed by atoms with Crippen LogP contribution >= 0.6 is 0 Å². The molecular formula is C16H22N2O5. The van der Waals surface area contributed by atoms with Gasteiger partial charge in [-0.1, -0.05) is 5.16 Å². The monoisotopic (exact) mass is 322 g/mol. The summed E-state index contributed by atoms with van der Waals surface area (Å²) < 4.78 is 10.5. The standard InChI is InChI=1S/C16H22N2O5/c1-10-13(11(2)23-17-10)3-4-14(19)18-7-12-8-22-6-5-16(12,9-18)15(20)21/h12H,3-9H2,1-2H3,(H,20,21)/t12-,16+/m0/s1. The Morgan fingerprint density at radius 3 is 2.83 bits per heavy atom. The van der Waals surface area contributed by atoms with Gasteiger partial charge in [0, 0.05) is 37.6 Å². The summed E-state index contributed by atoms with van der Waals surface area (Å²) >= 11 is 0. The van der Waals surface area contributed by atoms with Crippen molar-refractivity contribution in [2.24, 2.45) is 11.3 Å². The Morgan fingerprint density at radius 1 is 1.43 bits per heavy atom. The number of carboxylic acids is 1. The van der Waals surface area contributed by atoms with Crippen molar-refractivity contribution < 1.29 is 24.0 Å². The van der Waals surface area contributed by atoms with Crippen molar-refractivity contribution in [3.05, 3.63) is 17.0 Å². The van der Waals surface area contributed by atoms with Gasteiger partial charge in [-0.3, -0.25) is 9.59 Å². The topological polar surface area (TPSA) is 92.9 Å². The molecule has 0 unspecified atom stereocenters. The maximum absolute atomic E-state index is 12.5. The van der Waals surface area contributed by atoms with Crippen LogP contribution in [0.1, 0.15) is 29.9 Å². The summed E-state index contributed by atoms with van der Waals surface area (Å²) in [5.74, 6) is -0.204. The Bertz CT molecular complexity index is 606. The van der Waals surface area contributed by atoms with Gasteiger partial charge in [0.25, 0.3) is 0 Å². The van der Waals surface area contributed by atoms with Crippen molar-refractivity contribution in [1.82, 2.24) is 10.1 Å². The Labute approximate surface area is 134 Å². The number of ether oxygens (including phenoxy) is 1. The first-order chi connectivity index (χ1) is 10.9. The molecule has 126 valence electrons. The maximum Gasteiger partial charge on any atom is 0.311 e. The zero-order valence-electron chi connectivity index (χ0n) is 13.5. The first-order valence-corrected chi connectivity index (χ1v) is 7.94. The zero-order chi connectivity index (χ0) is 16.6. The number of amides is 1. The Kier molecular flexibility index (Phi) is 4.14. The molecule has 23 heavy (non-hydrogen) atoms. The van der Waals surface area contributed by atoms with Crippen LogP contribution < -0.4 is 0 Å². The minimum absolute atomic E-state index is 0.0139. The molecule has 1 aromatic heterocycles. The number of hydrogen-bond donors (Lipinski definition) is 1. The molecule has 0 saturated carbocycles. The van der Waals surface area contributed by atoms with Gasteiger partial charge < -0.3 is 19.3 Å². The van der Waals surface area contributed by atoms with Crippen molar-refractivity contribution in [3.63, 3.8) is 0 Å². The van der Waals surface area contributed by atoms with E-state index in [1.54, 1.807) is 4.90 Å². The molecule has 3 heterocycles. The van der Waals surface area contributed by atoms with Crippen LogP contribution in [-0.2, 0) is 20.7 Å². The number of nitrogens with zero attached hydrogens (tertiary/aromatic N) is 2. The molecule has 7 heteroatoms. The van der Waals surface area contributed by atoms with Gasteiger partial charge in [-0.25, -0.2) is 0 Å². The lowest BCUT2D eigenvalue weighted by molar-refractivity contribution is -0.157. The maximum atomic E-state index is 12.5. The molecule has 2 saturated heterocycles. The van der Waals surface area contributed by atoms with Gasteiger partial charge >= 0.3 is 5.97 Å². The summed E-state index contributed by atoms with van der Waals surface area (Å²) in [7, 11) is 0. The lowest BCUT2D eigenvalue weighted by Crippen LogP contribution is -2.45. The average Bonchev–Trinajstić information content (AvgIpc) is 3.07. The number of carbonyl (C=O) groups is 2. The van der Waals surface area contributed by atoms with E-state index in [0.29, 0.717) is 39.0 Å². The highest BCUT2D eigenvalue weighted by Gasteiger charge is 2.54. The second-order valence-electron chi connectivity index (χ2n) is 6.56. The second-order valence-corrected chi connectivity index (χ2v) is 6.56. The molecule has 2 atom stereocenters. The predicted octanol–water partition coefficient (Wildman–Crippen LogP) is 1.17. The second kappa shape index (κ2) is 5.96. The highest BCUT2D eigenvalue weighted by atomic mass is 16.5. The summed E-state index contributed by atoms with van der Waals surface area (Å²) in [6.45, 7) is 5.31. The quantitative estimate of drug-likeness (QED) is 0.894. The summed E-state index contributed by atoms with van der Waals surface area (Å²) in [5.41, 5.74) is 0.934. The van der Waals surface area contributed by atoms with E-state index in [9.17, 15) is 14.7 Å². The summed E-state index contributed by atoms with van der Waals surface area (Å²) in [6, 6.07) is 0. The van der Waals surface area contributed by atoms with Gasteiger partial charge in [0.15, 0.2) is 0 Å². The smallest absolute Gasteiger partial charge is 0.311 e. The van der Waals surface area contributed by atoms with Gasteiger partial charge in [-0.2, -0.15) is 0 Å². The van der Waals surface area contributed by atoms with E-state index in [0.717, 1.165) is 17.0 Å². The van der Waals surface area contributed by atoms with Gasteiger partial charge in [0.1, 0.15) is 5.76 Å². The number of rotatable bonds is 4. The van der Waals surface area contributed by atoms with Gasteiger partial charge in [-0.05, 0) is 26.7 Å². The average molecular weight is 322 g/mol. The third-order valence-corrected chi connectivity index (χ3v) is 5.26. The summed E-state index contributed by atoms with van der Waals surface area (Å²) in [4.78, 5) is 25.9. The van der Waals surface area contributed by atoms with E-state index in [4.69, 9.17) is 9.26 Å². The highest BCUT2D eigenvalue weighted by Crippen LogP contribution is 2.42. The van der Waals surface area contributed by atoms with Crippen LogP contribution in [0.25, 0.3) is 0 Å². The number of aromatic nitrogens is 1. The first kappa shape index (κ1) is 16.0. The number of hydrogen-bond acceptors (Lipinski definition) is 5. The van der Waals surface area contributed by atoms with Crippen LogP contribution in [0.5, 0.6) is 0 Å². The molecule has 1 N–H and O–H groups in total. The lowest BCUT2D eigenvalue weighted by Gasteiger charge is -2.33. The van der Waals surface area contributed by atoms with E-state index in [1.807, 2.05) is 13.8 Å². The molecule has 2 aliphatic heterocycles. The van der Waals surface area contributed by atoms with E-state index in [1.165, 1.54) is 0 Å². The van der Waals surface area contributed by atoms with E-state index in [2.05, 4.69) is 5.16 Å². The molecule has 3 rings (SSSR count). The predicted molar refractivity (Wildman–Crippen MR) is 79.9 cm³/mol. The molecule has 0 aromatic carbocycles. The molecule has 0 aliphatic carbocycles. The minimum atomic E-state index is -0.836. The Balaban J connectivity index is 1.66. The van der Waals surface area contributed by atoms with E-state index >= 15 is 0 Å². The first-order valence-electron chi connectivity index (χ1n) is 7.94. The van der Waals surface area contributed by atoms with Crippen LogP contribution in [-0.4, -0.2) is 53.3 Å². The Morgan fingerprint density at radius 2 is 2.22 bits per heavy atom. The number of aliphatic carboxylic acids is 1. The minimum Gasteiger partial charge on any atom is -0.481 e. The number of fused-ring (bicyclic) bond motifs is 1. The highest BCUT2D eigenvalue weighted by molar-refractivity contribution is 5.81. The zero-order valence-corrected chi connectivity index (χ0v) is 13.5. The van der Waals surface area contributed by atoms with Gasteiger partial charge in [0.2, 0.25) is 5.91 Å². The van der Waals surface area contributed by atoms with Crippen molar-refractivity contribution in [3.8, 4) is 0 Å². The largest absolute Gasteiger partial charge is 0.481 e. The molecule has 1 aromatic rings. The van der Waals surface area contributed by atoms with Crippen LogP contribution in [0.15, 0.2) is 4.52 Å². The van der Waals surface area contributed by atoms with Gasteiger partial charge in [0.05, 0.1) is 17.7 Å². The number of likely N-dealkylation sites (tertiary alicyclic amines) is 1. The van der Waals surface area contributed by atoms with Crippen molar-refractivity contribution in [1.29, 1.82) is 0 Å². The fourth-order valence-electron chi connectivity index (χ4n) is 3.74. The third kappa shape index (κ3) is 2.73. The van der Waals surface area contributed by atoms with E-state index < -0.39 is 11.4 Å². The van der Waals surface area contributed by atoms with Crippen molar-refractivity contribution in [2.45, 2.75) is 33.1 Å². The number of carbonyl (C=O) groups excluding carboxylic acids is 1. The van der Waals surface area contributed by atoms with Crippen LogP contribution in [0.4, 0.5) is 0 Å². The van der Waals surface area contributed by atoms with Crippen LogP contribution in [0.2, 0.25) is 0 Å². The molecule has 7 nitrogen and oxygen atoms in total. The van der Waals surface area contributed by atoms with Crippen LogP contribution in [0.3, 0.4) is 0 Å². The fraction of sp³-hybridized carbons (Fsp3) is 0.688. The molecule has 1 amide bonds. The lowest BCUT2D eigenvalue weighted by atomic mass is 9.74. The summed E-state index contributed by atoms with van der Waals surface area (Å²) in [6.07, 6.45) is 1.38. The SMILES string of the molecule is Cc1noc(C)c1CCC(=O)N1C[C@H]2COCC[C@@]2(C(=O)O)C1. The van der Waals surface area contributed by atoms with Crippen molar-refractivity contribution in [2.75, 3.05) is 26.3 Å². The Hall–Kier alpha value is -1.89. The molecule has 0 spiro atoms. The molecule has 0 radical (unpaired) electrons. The summed E-state index contributed by atoms with van der Waals surface area (Å²) in [5, 5.41) is 13.5. The molecule has 0 bridgehead atoms. The van der Waals surface area contributed by atoms with E-state index in [-0.39, 0.29) is 18.4 Å². The number of aryl methyl sites for hydroxylation is 2. The van der Waals surface area contributed by atoms with Gasteiger partial charge in [-0.15, -0.1) is 0 Å². The molecule has 2 fully saturated rings.